The first kappa shape index (κ1) is 16.3. The second-order valence-electron chi connectivity index (χ2n) is 7.52. The van der Waals surface area contributed by atoms with E-state index >= 15 is 0 Å². The maximum atomic E-state index is 3.59. The highest BCUT2D eigenvalue weighted by molar-refractivity contribution is 4.87. The zero-order valence-electron chi connectivity index (χ0n) is 14.1. The Morgan fingerprint density at radius 2 is 1.70 bits per heavy atom. The molecule has 2 aliphatic rings. The lowest BCUT2D eigenvalue weighted by atomic mass is 9.84. The summed E-state index contributed by atoms with van der Waals surface area (Å²) in [6.45, 7) is 16.7. The zero-order chi connectivity index (χ0) is 14.6. The third kappa shape index (κ3) is 4.19. The van der Waals surface area contributed by atoms with Crippen molar-refractivity contribution < 1.29 is 0 Å². The second kappa shape index (κ2) is 7.24. The SMILES string of the molecule is CCNC(C)C(C)(C)CN1CCN(C2CCCC2)CC1. The Kier molecular flexibility index (Phi) is 5.88. The summed E-state index contributed by atoms with van der Waals surface area (Å²) in [7, 11) is 0. The minimum Gasteiger partial charge on any atom is -0.314 e. The summed E-state index contributed by atoms with van der Waals surface area (Å²) in [6.07, 6.45) is 5.81. The van der Waals surface area contributed by atoms with Crippen molar-refractivity contribution in [1.29, 1.82) is 0 Å². The van der Waals surface area contributed by atoms with Gasteiger partial charge < -0.3 is 10.2 Å². The maximum absolute atomic E-state index is 3.59. The van der Waals surface area contributed by atoms with Gasteiger partial charge in [-0.05, 0) is 31.7 Å². The molecule has 0 radical (unpaired) electrons. The van der Waals surface area contributed by atoms with E-state index in [1.807, 2.05) is 0 Å². The average Bonchev–Trinajstić information content (AvgIpc) is 2.93. The van der Waals surface area contributed by atoms with Gasteiger partial charge in [-0.15, -0.1) is 0 Å². The Bertz CT molecular complexity index is 276. The largest absolute Gasteiger partial charge is 0.314 e. The molecule has 1 saturated carbocycles. The van der Waals surface area contributed by atoms with Crippen LogP contribution < -0.4 is 5.32 Å². The molecule has 0 aromatic carbocycles. The predicted molar refractivity (Wildman–Crippen MR) is 87.2 cm³/mol. The van der Waals surface area contributed by atoms with Crippen LogP contribution in [0.15, 0.2) is 0 Å². The molecule has 0 amide bonds. The molecule has 1 unspecified atom stereocenters. The van der Waals surface area contributed by atoms with Crippen molar-refractivity contribution in [2.45, 2.75) is 65.5 Å². The van der Waals surface area contributed by atoms with Crippen LogP contribution in [0.2, 0.25) is 0 Å². The number of hydrogen-bond acceptors (Lipinski definition) is 3. The summed E-state index contributed by atoms with van der Waals surface area (Å²) < 4.78 is 0. The van der Waals surface area contributed by atoms with Gasteiger partial charge in [0.05, 0.1) is 0 Å². The van der Waals surface area contributed by atoms with Gasteiger partial charge in [-0.3, -0.25) is 4.90 Å². The van der Waals surface area contributed by atoms with Crippen LogP contribution in [0.1, 0.15) is 53.4 Å². The highest BCUT2D eigenvalue weighted by Crippen LogP contribution is 2.26. The Balaban J connectivity index is 1.75. The minimum atomic E-state index is 0.353. The standard InChI is InChI=1S/C17H35N3/c1-5-18-15(2)17(3,4)14-19-10-12-20(13-11-19)16-8-6-7-9-16/h15-16,18H,5-14H2,1-4H3. The fourth-order valence-corrected chi connectivity index (χ4v) is 3.85. The van der Waals surface area contributed by atoms with Crippen LogP contribution in [0.3, 0.4) is 0 Å². The van der Waals surface area contributed by atoms with Gasteiger partial charge in [0.25, 0.3) is 0 Å². The highest BCUT2D eigenvalue weighted by Gasteiger charge is 2.31. The first-order valence-electron chi connectivity index (χ1n) is 8.72. The molecule has 2 rings (SSSR count). The van der Waals surface area contributed by atoms with Gasteiger partial charge in [0.15, 0.2) is 0 Å². The molecule has 2 fully saturated rings. The van der Waals surface area contributed by atoms with E-state index in [9.17, 15) is 0 Å². The molecule has 20 heavy (non-hydrogen) atoms. The van der Waals surface area contributed by atoms with Crippen LogP contribution in [0.4, 0.5) is 0 Å². The Morgan fingerprint density at radius 3 is 2.25 bits per heavy atom. The smallest absolute Gasteiger partial charge is 0.0113 e. The predicted octanol–water partition coefficient (Wildman–Crippen LogP) is 2.57. The molecule has 1 aliphatic carbocycles. The summed E-state index contributed by atoms with van der Waals surface area (Å²) in [5.74, 6) is 0. The van der Waals surface area contributed by atoms with Gasteiger partial charge in [0.1, 0.15) is 0 Å². The molecule has 3 nitrogen and oxygen atoms in total. The van der Waals surface area contributed by atoms with Crippen molar-refractivity contribution in [2.24, 2.45) is 5.41 Å². The maximum Gasteiger partial charge on any atom is 0.0113 e. The van der Waals surface area contributed by atoms with Gasteiger partial charge in [-0.2, -0.15) is 0 Å². The van der Waals surface area contributed by atoms with Crippen molar-refractivity contribution in [3.63, 3.8) is 0 Å². The number of rotatable bonds is 6. The fraction of sp³-hybridized carbons (Fsp3) is 1.00. The molecule has 0 spiro atoms. The van der Waals surface area contributed by atoms with Crippen LogP contribution in [0.5, 0.6) is 0 Å². The number of nitrogens with zero attached hydrogens (tertiary/aromatic N) is 2. The lowest BCUT2D eigenvalue weighted by molar-refractivity contribution is 0.0637. The number of hydrogen-bond donors (Lipinski definition) is 1. The summed E-state index contributed by atoms with van der Waals surface area (Å²) in [5.41, 5.74) is 0.353. The van der Waals surface area contributed by atoms with E-state index in [0.717, 1.165) is 12.6 Å². The second-order valence-corrected chi connectivity index (χ2v) is 7.52. The van der Waals surface area contributed by atoms with E-state index in [-0.39, 0.29) is 0 Å². The monoisotopic (exact) mass is 281 g/mol. The normalized spacial score (nSPS) is 25.2. The molecule has 0 aromatic heterocycles. The van der Waals surface area contributed by atoms with E-state index in [1.165, 1.54) is 58.4 Å². The molecule has 0 bridgehead atoms. The van der Waals surface area contributed by atoms with Crippen molar-refractivity contribution in [1.82, 2.24) is 15.1 Å². The first-order valence-corrected chi connectivity index (χ1v) is 8.72. The third-order valence-corrected chi connectivity index (χ3v) is 5.56. The van der Waals surface area contributed by atoms with E-state index in [1.54, 1.807) is 0 Å². The summed E-state index contributed by atoms with van der Waals surface area (Å²) in [5, 5.41) is 3.59. The topological polar surface area (TPSA) is 18.5 Å². The van der Waals surface area contributed by atoms with E-state index in [2.05, 4.69) is 42.8 Å². The van der Waals surface area contributed by atoms with E-state index in [0.29, 0.717) is 11.5 Å². The average molecular weight is 281 g/mol. The molecule has 1 aliphatic heterocycles. The van der Waals surface area contributed by atoms with Crippen LogP contribution in [0.25, 0.3) is 0 Å². The zero-order valence-corrected chi connectivity index (χ0v) is 14.1. The lowest BCUT2D eigenvalue weighted by Gasteiger charge is -2.43. The van der Waals surface area contributed by atoms with Gasteiger partial charge in [-0.1, -0.05) is 33.6 Å². The van der Waals surface area contributed by atoms with Crippen LogP contribution in [-0.4, -0.2) is 61.2 Å². The first-order chi connectivity index (χ1) is 9.53. The fourth-order valence-electron chi connectivity index (χ4n) is 3.85. The van der Waals surface area contributed by atoms with Crippen LogP contribution in [-0.2, 0) is 0 Å². The third-order valence-electron chi connectivity index (χ3n) is 5.56. The lowest BCUT2D eigenvalue weighted by Crippen LogP contribution is -2.54. The van der Waals surface area contributed by atoms with E-state index in [4.69, 9.17) is 0 Å². The van der Waals surface area contributed by atoms with Crippen molar-refractivity contribution in [3.8, 4) is 0 Å². The summed E-state index contributed by atoms with van der Waals surface area (Å²) in [4.78, 5) is 5.43. The number of piperazine rings is 1. The van der Waals surface area contributed by atoms with Gasteiger partial charge in [0.2, 0.25) is 0 Å². The Hall–Kier alpha value is -0.120. The van der Waals surface area contributed by atoms with Gasteiger partial charge >= 0.3 is 0 Å². The van der Waals surface area contributed by atoms with Gasteiger partial charge in [-0.25, -0.2) is 0 Å². The molecular weight excluding hydrogens is 246 g/mol. The molecule has 0 aromatic rings. The van der Waals surface area contributed by atoms with Crippen LogP contribution >= 0.6 is 0 Å². The molecule has 1 atom stereocenters. The minimum absolute atomic E-state index is 0.353. The molecular formula is C17H35N3. The number of nitrogens with one attached hydrogen (secondary N) is 1. The Labute approximate surface area is 126 Å². The van der Waals surface area contributed by atoms with Crippen molar-refractivity contribution in [2.75, 3.05) is 39.3 Å². The van der Waals surface area contributed by atoms with Crippen molar-refractivity contribution >= 4 is 0 Å². The van der Waals surface area contributed by atoms with Crippen LogP contribution in [0, 0.1) is 5.41 Å². The molecule has 1 saturated heterocycles. The molecule has 118 valence electrons. The quantitative estimate of drug-likeness (QED) is 0.807. The highest BCUT2D eigenvalue weighted by atomic mass is 15.3. The summed E-state index contributed by atoms with van der Waals surface area (Å²) in [6, 6.07) is 1.49. The molecule has 3 heteroatoms. The Morgan fingerprint density at radius 1 is 1.10 bits per heavy atom. The van der Waals surface area contributed by atoms with Crippen molar-refractivity contribution in [3.05, 3.63) is 0 Å². The summed E-state index contributed by atoms with van der Waals surface area (Å²) >= 11 is 0. The van der Waals surface area contributed by atoms with E-state index < -0.39 is 0 Å². The molecule has 1 heterocycles. The van der Waals surface area contributed by atoms with Gasteiger partial charge in [0, 0.05) is 44.8 Å². The molecule has 1 N–H and O–H groups in total.